The highest BCUT2D eigenvalue weighted by Crippen LogP contribution is 2.07. The number of hydrogen-bond acceptors (Lipinski definition) is 4. The van der Waals surface area contributed by atoms with Gasteiger partial charge in [-0.25, -0.2) is 4.98 Å². The number of nitrogens with zero attached hydrogens (tertiary/aromatic N) is 1. The van der Waals surface area contributed by atoms with Crippen LogP contribution >= 0.6 is 0 Å². The van der Waals surface area contributed by atoms with E-state index in [2.05, 4.69) is 11.9 Å². The zero-order valence-electron chi connectivity index (χ0n) is 12.3. The molecule has 0 atom stereocenters. The molecule has 5 nitrogen and oxygen atoms in total. The number of carboxylic acids is 1. The lowest BCUT2D eigenvalue weighted by Crippen LogP contribution is -1.93. The average Bonchev–Trinajstić information content (AvgIpc) is 2.41. The number of hydrogen-bond donors (Lipinski definition) is 3. The van der Waals surface area contributed by atoms with Gasteiger partial charge in [0.1, 0.15) is 5.82 Å². The Hall–Kier alpha value is -1.78. The monoisotopic (exact) mass is 281 g/mol. The van der Waals surface area contributed by atoms with Crippen molar-refractivity contribution in [3.05, 3.63) is 18.3 Å². The summed E-state index contributed by atoms with van der Waals surface area (Å²) in [6.45, 7) is 2.20. The van der Waals surface area contributed by atoms with Gasteiger partial charge in [0.05, 0.1) is 11.9 Å². The van der Waals surface area contributed by atoms with Crippen molar-refractivity contribution >= 4 is 17.5 Å². The van der Waals surface area contributed by atoms with E-state index in [4.69, 9.17) is 16.6 Å². The summed E-state index contributed by atoms with van der Waals surface area (Å²) in [7, 11) is 0. The van der Waals surface area contributed by atoms with Crippen molar-refractivity contribution in [3.63, 3.8) is 0 Å². The number of nitrogen functional groups attached to an aromatic ring is 2. The van der Waals surface area contributed by atoms with Crippen molar-refractivity contribution in [1.82, 2.24) is 4.98 Å². The Bertz CT molecular complexity index is 332. The molecular formula is C15H27N3O2. The second-order valence-electron chi connectivity index (χ2n) is 4.78. The quantitative estimate of drug-likeness (QED) is 0.633. The first-order valence-corrected chi connectivity index (χ1v) is 7.25. The van der Waals surface area contributed by atoms with Crippen LogP contribution in [0.5, 0.6) is 0 Å². The first-order valence-electron chi connectivity index (χ1n) is 7.25. The van der Waals surface area contributed by atoms with E-state index in [0.717, 1.165) is 12.8 Å². The van der Waals surface area contributed by atoms with Crippen molar-refractivity contribution in [2.75, 3.05) is 11.5 Å². The summed E-state index contributed by atoms with van der Waals surface area (Å²) >= 11 is 0. The van der Waals surface area contributed by atoms with E-state index in [1.54, 1.807) is 12.1 Å². The number of pyridine rings is 1. The fourth-order valence-electron chi connectivity index (χ4n) is 1.65. The molecule has 0 bridgehead atoms. The summed E-state index contributed by atoms with van der Waals surface area (Å²) in [5, 5.41) is 8.35. The van der Waals surface area contributed by atoms with Gasteiger partial charge in [0, 0.05) is 6.42 Å². The zero-order valence-corrected chi connectivity index (χ0v) is 12.3. The van der Waals surface area contributed by atoms with Crippen LogP contribution in [-0.2, 0) is 4.79 Å². The van der Waals surface area contributed by atoms with Crippen LogP contribution in [0.1, 0.15) is 58.3 Å². The van der Waals surface area contributed by atoms with Gasteiger partial charge in [0.25, 0.3) is 0 Å². The number of nitrogens with two attached hydrogens (primary N) is 2. The summed E-state index contributed by atoms with van der Waals surface area (Å²) in [5.41, 5.74) is 11.2. The molecule has 1 aromatic rings. The van der Waals surface area contributed by atoms with Gasteiger partial charge in [-0.1, -0.05) is 45.4 Å². The Balaban J connectivity index is 0.000000388. The minimum absolute atomic E-state index is 0.341. The second-order valence-corrected chi connectivity index (χ2v) is 4.78. The summed E-state index contributed by atoms with van der Waals surface area (Å²) in [5.74, 6) is -0.164. The number of anilines is 2. The Morgan fingerprint density at radius 3 is 2.15 bits per heavy atom. The average molecular weight is 281 g/mol. The second kappa shape index (κ2) is 12.3. The molecule has 1 heterocycles. The number of carbonyl (C=O) groups is 1. The summed E-state index contributed by atoms with van der Waals surface area (Å²) in [4.78, 5) is 13.9. The maximum Gasteiger partial charge on any atom is 0.303 e. The molecular weight excluding hydrogens is 254 g/mol. The molecule has 0 radical (unpaired) electrons. The third-order valence-electron chi connectivity index (χ3n) is 2.80. The standard InChI is InChI=1S/C10H20O2.C5H7N3/c1-2-3-4-5-6-7-8-9-10(11)12;6-4-1-2-5(7)8-3-4/h2-9H2,1H3,(H,11,12);1-3H,6H2,(H2,7,8). The molecule has 0 saturated heterocycles. The van der Waals surface area contributed by atoms with Gasteiger partial charge in [-0.2, -0.15) is 0 Å². The normalized spacial score (nSPS) is 9.65. The fourth-order valence-corrected chi connectivity index (χ4v) is 1.65. The SMILES string of the molecule is CCCCCCCCCC(=O)O.Nc1ccc(N)nc1. The Kier molecular flexibility index (Phi) is 11.2. The summed E-state index contributed by atoms with van der Waals surface area (Å²) < 4.78 is 0. The minimum Gasteiger partial charge on any atom is -0.481 e. The molecule has 0 aliphatic carbocycles. The Morgan fingerprint density at radius 2 is 1.70 bits per heavy atom. The van der Waals surface area contributed by atoms with Gasteiger partial charge in [0.15, 0.2) is 0 Å². The number of aromatic nitrogens is 1. The lowest BCUT2D eigenvalue weighted by atomic mass is 10.1. The van der Waals surface area contributed by atoms with Crippen LogP contribution in [0.2, 0.25) is 0 Å². The smallest absolute Gasteiger partial charge is 0.303 e. The van der Waals surface area contributed by atoms with Gasteiger partial charge in [-0.05, 0) is 18.6 Å². The van der Waals surface area contributed by atoms with Gasteiger partial charge >= 0.3 is 5.97 Å². The fraction of sp³-hybridized carbons (Fsp3) is 0.600. The predicted molar refractivity (Wildman–Crippen MR) is 83.3 cm³/mol. The molecule has 1 rings (SSSR count). The lowest BCUT2D eigenvalue weighted by Gasteiger charge is -1.98. The maximum atomic E-state index is 10.1. The molecule has 1 aromatic heterocycles. The minimum atomic E-state index is -0.663. The van der Waals surface area contributed by atoms with Crippen LogP contribution in [0.4, 0.5) is 11.5 Å². The van der Waals surface area contributed by atoms with Crippen LogP contribution in [0.3, 0.4) is 0 Å². The molecule has 0 spiro atoms. The van der Waals surface area contributed by atoms with Crippen LogP contribution in [0.15, 0.2) is 18.3 Å². The van der Waals surface area contributed by atoms with Gasteiger partial charge in [-0.3, -0.25) is 4.79 Å². The van der Waals surface area contributed by atoms with Gasteiger partial charge < -0.3 is 16.6 Å². The van der Waals surface area contributed by atoms with Crippen LogP contribution < -0.4 is 11.5 Å². The van der Waals surface area contributed by atoms with E-state index < -0.39 is 5.97 Å². The van der Waals surface area contributed by atoms with Gasteiger partial charge in [0.2, 0.25) is 0 Å². The molecule has 114 valence electrons. The maximum absolute atomic E-state index is 10.1. The van der Waals surface area contributed by atoms with Crippen molar-refractivity contribution in [1.29, 1.82) is 0 Å². The van der Waals surface area contributed by atoms with Crippen LogP contribution in [0.25, 0.3) is 0 Å². The zero-order chi connectivity index (χ0) is 15.2. The molecule has 20 heavy (non-hydrogen) atoms. The lowest BCUT2D eigenvalue weighted by molar-refractivity contribution is -0.137. The molecule has 0 fully saturated rings. The highest BCUT2D eigenvalue weighted by molar-refractivity contribution is 5.66. The van der Waals surface area contributed by atoms with E-state index in [0.29, 0.717) is 17.9 Å². The third-order valence-corrected chi connectivity index (χ3v) is 2.80. The van der Waals surface area contributed by atoms with Crippen LogP contribution in [-0.4, -0.2) is 16.1 Å². The molecule has 0 amide bonds. The first-order chi connectivity index (χ1) is 9.56. The van der Waals surface area contributed by atoms with Crippen LogP contribution in [0, 0.1) is 0 Å². The number of unbranched alkanes of at least 4 members (excludes halogenated alkanes) is 6. The number of aliphatic carboxylic acids is 1. The van der Waals surface area contributed by atoms with Gasteiger partial charge in [-0.15, -0.1) is 0 Å². The van der Waals surface area contributed by atoms with Crippen molar-refractivity contribution < 1.29 is 9.90 Å². The highest BCUT2D eigenvalue weighted by atomic mass is 16.4. The predicted octanol–water partition coefficient (Wildman–Crippen LogP) is 3.46. The number of carboxylic acid groups (broad SMARTS) is 1. The van der Waals surface area contributed by atoms with E-state index in [1.807, 2.05) is 0 Å². The summed E-state index contributed by atoms with van der Waals surface area (Å²) in [6.07, 6.45) is 10.2. The Labute approximate surface area is 121 Å². The van der Waals surface area contributed by atoms with E-state index >= 15 is 0 Å². The van der Waals surface area contributed by atoms with Crippen molar-refractivity contribution in [2.24, 2.45) is 0 Å². The van der Waals surface area contributed by atoms with E-state index in [1.165, 1.54) is 38.3 Å². The molecule has 0 saturated carbocycles. The van der Waals surface area contributed by atoms with E-state index in [9.17, 15) is 4.79 Å². The molecule has 0 aromatic carbocycles. The van der Waals surface area contributed by atoms with E-state index in [-0.39, 0.29) is 0 Å². The molecule has 0 unspecified atom stereocenters. The molecule has 0 aliphatic rings. The highest BCUT2D eigenvalue weighted by Gasteiger charge is 1.95. The largest absolute Gasteiger partial charge is 0.481 e. The van der Waals surface area contributed by atoms with Crippen molar-refractivity contribution in [3.8, 4) is 0 Å². The summed E-state index contributed by atoms with van der Waals surface area (Å²) in [6, 6.07) is 3.37. The molecule has 0 aliphatic heterocycles. The Morgan fingerprint density at radius 1 is 1.10 bits per heavy atom. The molecule has 5 N–H and O–H groups in total. The topological polar surface area (TPSA) is 102 Å². The first kappa shape index (κ1) is 18.2. The number of rotatable bonds is 8. The van der Waals surface area contributed by atoms with Crippen molar-refractivity contribution in [2.45, 2.75) is 58.3 Å². The molecule has 5 heteroatoms. The third kappa shape index (κ3) is 12.7.